The largest absolute Gasteiger partial charge is 0.490 e. The van der Waals surface area contributed by atoms with Crippen LogP contribution in [-0.2, 0) is 10.0 Å². The molecule has 0 amide bonds. The van der Waals surface area contributed by atoms with E-state index in [1.165, 1.54) is 12.3 Å². The highest BCUT2D eigenvalue weighted by molar-refractivity contribution is 7.92. The maximum Gasteiger partial charge on any atom is 0.232 e. The van der Waals surface area contributed by atoms with E-state index in [0.717, 1.165) is 12.1 Å². The van der Waals surface area contributed by atoms with Crippen LogP contribution in [0.1, 0.15) is 29.3 Å². The average molecular weight is 467 g/mol. The molecule has 0 saturated carbocycles. The SMILES string of the molecule is CCCS(=O)(=O)Nc1cc(F)cc(C(=O)c2ccc3ncc(OCCO)cc3c2)c1Cl. The van der Waals surface area contributed by atoms with Crippen LogP contribution in [0.25, 0.3) is 10.9 Å². The predicted octanol–water partition coefficient (Wildman–Crippen LogP) is 3.78. The Morgan fingerprint density at radius 3 is 2.74 bits per heavy atom. The Morgan fingerprint density at radius 2 is 2.03 bits per heavy atom. The molecular weight excluding hydrogens is 447 g/mol. The highest BCUT2D eigenvalue weighted by Crippen LogP contribution is 2.31. The third-order valence-corrected chi connectivity index (χ3v) is 6.18. The molecule has 0 aliphatic carbocycles. The maximum absolute atomic E-state index is 14.2. The summed E-state index contributed by atoms with van der Waals surface area (Å²) in [6, 6.07) is 8.25. The fourth-order valence-electron chi connectivity index (χ4n) is 2.97. The van der Waals surface area contributed by atoms with Crippen LogP contribution >= 0.6 is 11.6 Å². The smallest absolute Gasteiger partial charge is 0.232 e. The molecule has 0 fully saturated rings. The third kappa shape index (κ3) is 5.49. The Morgan fingerprint density at radius 1 is 1.26 bits per heavy atom. The molecule has 1 aromatic heterocycles. The Labute approximate surface area is 183 Å². The molecule has 10 heteroatoms. The lowest BCUT2D eigenvalue weighted by Crippen LogP contribution is -2.17. The number of aliphatic hydroxyl groups is 1. The second kappa shape index (κ2) is 9.59. The number of nitrogens with one attached hydrogen (secondary N) is 1. The van der Waals surface area contributed by atoms with Gasteiger partial charge in [-0.25, -0.2) is 12.8 Å². The summed E-state index contributed by atoms with van der Waals surface area (Å²) in [5, 5.41) is 9.28. The van der Waals surface area contributed by atoms with Gasteiger partial charge < -0.3 is 9.84 Å². The van der Waals surface area contributed by atoms with Gasteiger partial charge in [0, 0.05) is 16.5 Å². The van der Waals surface area contributed by atoms with Crippen molar-refractivity contribution in [1.29, 1.82) is 0 Å². The lowest BCUT2D eigenvalue weighted by atomic mass is 10.0. The Balaban J connectivity index is 1.99. The summed E-state index contributed by atoms with van der Waals surface area (Å²) in [4.78, 5) is 17.3. The maximum atomic E-state index is 14.2. The number of aliphatic hydroxyl groups excluding tert-OH is 1. The van der Waals surface area contributed by atoms with Crippen LogP contribution in [0, 0.1) is 5.82 Å². The topological polar surface area (TPSA) is 106 Å². The minimum Gasteiger partial charge on any atom is -0.490 e. The lowest BCUT2D eigenvalue weighted by Gasteiger charge is -2.12. The number of nitrogens with zero attached hydrogens (tertiary/aromatic N) is 1. The highest BCUT2D eigenvalue weighted by Gasteiger charge is 2.20. The molecule has 0 bridgehead atoms. The molecule has 164 valence electrons. The van der Waals surface area contributed by atoms with Gasteiger partial charge in [-0.05, 0) is 42.8 Å². The van der Waals surface area contributed by atoms with Crippen LogP contribution in [0.4, 0.5) is 10.1 Å². The van der Waals surface area contributed by atoms with Crippen LogP contribution < -0.4 is 9.46 Å². The van der Waals surface area contributed by atoms with E-state index in [1.54, 1.807) is 25.1 Å². The van der Waals surface area contributed by atoms with Crippen LogP contribution in [0.2, 0.25) is 5.02 Å². The van der Waals surface area contributed by atoms with Gasteiger partial charge in [-0.15, -0.1) is 0 Å². The molecule has 31 heavy (non-hydrogen) atoms. The fraction of sp³-hybridized carbons (Fsp3) is 0.238. The molecule has 0 saturated heterocycles. The minimum absolute atomic E-state index is 0.0986. The van der Waals surface area contributed by atoms with Crippen molar-refractivity contribution < 1.29 is 27.4 Å². The second-order valence-corrected chi connectivity index (χ2v) is 8.94. The van der Waals surface area contributed by atoms with Crippen molar-refractivity contribution >= 4 is 44.0 Å². The van der Waals surface area contributed by atoms with Crippen molar-refractivity contribution in [2.24, 2.45) is 0 Å². The van der Waals surface area contributed by atoms with E-state index in [4.69, 9.17) is 21.4 Å². The number of carbonyl (C=O) groups is 1. The molecular formula is C21H20ClFN2O5S. The molecule has 3 aromatic rings. The number of hydrogen-bond donors (Lipinski definition) is 2. The van der Waals surface area contributed by atoms with E-state index in [9.17, 15) is 17.6 Å². The molecule has 1 heterocycles. The van der Waals surface area contributed by atoms with Crippen molar-refractivity contribution in [3.8, 4) is 5.75 Å². The van der Waals surface area contributed by atoms with Gasteiger partial charge in [0.25, 0.3) is 0 Å². The van der Waals surface area contributed by atoms with Crippen molar-refractivity contribution in [2.45, 2.75) is 13.3 Å². The van der Waals surface area contributed by atoms with E-state index in [0.29, 0.717) is 23.1 Å². The molecule has 2 N–H and O–H groups in total. The van der Waals surface area contributed by atoms with Crippen molar-refractivity contribution in [2.75, 3.05) is 23.7 Å². The first kappa shape index (κ1) is 22.9. The molecule has 2 aromatic carbocycles. The standard InChI is InChI=1S/C21H20ClFN2O5S/c1-2-7-31(28,29)25-19-11-15(23)10-17(20(19)22)21(27)13-3-4-18-14(8-13)9-16(12-24-18)30-6-5-26/h3-4,8-12,25-26H,2,5-7H2,1H3. The zero-order chi connectivity index (χ0) is 22.6. The summed E-state index contributed by atoms with van der Waals surface area (Å²) < 4.78 is 45.9. The third-order valence-electron chi connectivity index (χ3n) is 4.30. The monoisotopic (exact) mass is 466 g/mol. The molecule has 7 nitrogen and oxygen atoms in total. The molecule has 0 aliphatic rings. The first-order valence-corrected chi connectivity index (χ1v) is 11.4. The number of aromatic nitrogens is 1. The van der Waals surface area contributed by atoms with Gasteiger partial charge in [-0.2, -0.15) is 0 Å². The van der Waals surface area contributed by atoms with Crippen molar-refractivity contribution in [1.82, 2.24) is 4.98 Å². The number of benzene rings is 2. The summed E-state index contributed by atoms with van der Waals surface area (Å²) >= 11 is 6.26. The molecule has 0 unspecified atom stereocenters. The van der Waals surface area contributed by atoms with E-state index in [1.807, 2.05) is 0 Å². The van der Waals surface area contributed by atoms with Gasteiger partial charge in [-0.1, -0.05) is 18.5 Å². The quantitative estimate of drug-likeness (QED) is 0.465. The van der Waals surface area contributed by atoms with E-state index in [-0.39, 0.29) is 40.8 Å². The summed E-state index contributed by atoms with van der Waals surface area (Å²) in [6.45, 7) is 1.64. The van der Waals surface area contributed by atoms with E-state index in [2.05, 4.69) is 9.71 Å². The number of ketones is 1. The summed E-state index contributed by atoms with van der Waals surface area (Å²) in [5.41, 5.74) is 0.450. The molecule has 3 rings (SSSR count). The number of rotatable bonds is 9. The molecule has 0 spiro atoms. The van der Waals surface area contributed by atoms with Gasteiger partial charge in [0.05, 0.1) is 34.8 Å². The van der Waals surface area contributed by atoms with Crippen LogP contribution in [0.3, 0.4) is 0 Å². The lowest BCUT2D eigenvalue weighted by molar-refractivity contribution is 0.103. The van der Waals surface area contributed by atoms with Gasteiger partial charge in [0.1, 0.15) is 18.2 Å². The Kier molecular flexibility index (Phi) is 7.09. The number of pyridine rings is 1. The normalized spacial score (nSPS) is 11.5. The van der Waals surface area contributed by atoms with Crippen molar-refractivity contribution in [3.05, 3.63) is 64.6 Å². The number of halogens is 2. The van der Waals surface area contributed by atoms with E-state index < -0.39 is 21.6 Å². The first-order chi connectivity index (χ1) is 14.7. The summed E-state index contributed by atoms with van der Waals surface area (Å²) in [5.74, 6) is -1.13. The second-order valence-electron chi connectivity index (χ2n) is 6.72. The average Bonchev–Trinajstić information content (AvgIpc) is 2.73. The van der Waals surface area contributed by atoms with Gasteiger partial charge in [0.2, 0.25) is 10.0 Å². The zero-order valence-corrected chi connectivity index (χ0v) is 18.1. The Bertz CT molecular complexity index is 1230. The summed E-state index contributed by atoms with van der Waals surface area (Å²) in [7, 11) is -3.72. The van der Waals surface area contributed by atoms with Crippen LogP contribution in [-0.4, -0.2) is 43.3 Å². The number of carbonyl (C=O) groups excluding carboxylic acids is 1. The summed E-state index contributed by atoms with van der Waals surface area (Å²) in [6.07, 6.45) is 1.86. The van der Waals surface area contributed by atoms with Gasteiger partial charge in [-0.3, -0.25) is 14.5 Å². The predicted molar refractivity (Wildman–Crippen MR) is 117 cm³/mol. The molecule has 0 atom stereocenters. The van der Waals surface area contributed by atoms with Crippen LogP contribution in [0.15, 0.2) is 42.6 Å². The number of ether oxygens (including phenoxy) is 1. The number of sulfonamides is 1. The molecule has 0 aliphatic heterocycles. The minimum atomic E-state index is -3.72. The van der Waals surface area contributed by atoms with Crippen LogP contribution in [0.5, 0.6) is 5.75 Å². The fourth-order valence-corrected chi connectivity index (χ4v) is 4.40. The van der Waals surface area contributed by atoms with E-state index >= 15 is 0 Å². The van der Waals surface area contributed by atoms with Crippen molar-refractivity contribution in [3.63, 3.8) is 0 Å². The first-order valence-electron chi connectivity index (χ1n) is 9.41. The van der Waals surface area contributed by atoms with Gasteiger partial charge in [0.15, 0.2) is 5.78 Å². The Hall–Kier alpha value is -2.75. The zero-order valence-electron chi connectivity index (χ0n) is 16.6. The number of anilines is 1. The highest BCUT2D eigenvalue weighted by atomic mass is 35.5. The number of hydrogen-bond acceptors (Lipinski definition) is 6. The number of fused-ring (bicyclic) bond motifs is 1. The molecule has 0 radical (unpaired) electrons. The van der Waals surface area contributed by atoms with Gasteiger partial charge >= 0.3 is 0 Å².